The molecule has 0 aliphatic rings. The van der Waals surface area contributed by atoms with Crippen molar-refractivity contribution < 1.29 is 43.5 Å². The molecule has 0 heterocycles. The highest BCUT2D eigenvalue weighted by atomic mass is 16.4. The summed E-state index contributed by atoms with van der Waals surface area (Å²) in [4.78, 5) is 106. The molecule has 0 saturated carbocycles. The number of amides is 7. The second-order valence-corrected chi connectivity index (χ2v) is 18.4. The molecule has 2 aromatic carbocycles. The molecule has 0 radical (unpaired) electrons. The van der Waals surface area contributed by atoms with Gasteiger partial charge in [-0.15, -0.1) is 0 Å². The highest BCUT2D eigenvalue weighted by Crippen LogP contribution is 2.12. The predicted molar refractivity (Wildman–Crippen MR) is 263 cm³/mol. The molecule has 0 spiro atoms. The summed E-state index contributed by atoms with van der Waals surface area (Å²) in [6, 6.07) is 9.90. The van der Waals surface area contributed by atoms with Crippen molar-refractivity contribution in [3.8, 4) is 0 Å². The summed E-state index contributed by atoms with van der Waals surface area (Å²) in [6.07, 6.45) is 2.45. The van der Waals surface area contributed by atoms with Crippen molar-refractivity contribution >= 4 is 47.3 Å². The average Bonchev–Trinajstić information content (AvgIpc) is 3.30. The smallest absolute Gasteiger partial charge is 0.326 e. The molecule has 2 aromatic rings. The lowest BCUT2D eigenvalue weighted by molar-refractivity contribution is -0.142. The topological polar surface area (TPSA) is 345 Å². The third-order valence-corrected chi connectivity index (χ3v) is 11.1. The van der Waals surface area contributed by atoms with E-state index in [4.69, 9.17) is 22.9 Å². The van der Waals surface area contributed by atoms with Crippen LogP contribution in [0.15, 0.2) is 60.7 Å². The maximum absolute atomic E-state index is 14.0. The van der Waals surface area contributed by atoms with E-state index in [1.807, 2.05) is 88.4 Å². The van der Waals surface area contributed by atoms with Crippen molar-refractivity contribution in [3.63, 3.8) is 0 Å². The van der Waals surface area contributed by atoms with Crippen LogP contribution >= 0.6 is 0 Å². The van der Waals surface area contributed by atoms with E-state index in [0.717, 1.165) is 11.1 Å². The number of nitrogens with one attached hydrogen (secondary N) is 7. The fourth-order valence-electron chi connectivity index (χ4n) is 7.34. The maximum atomic E-state index is 14.0. The van der Waals surface area contributed by atoms with E-state index in [1.165, 1.54) is 6.92 Å². The molecule has 0 aliphatic carbocycles. The molecule has 0 aromatic heterocycles. The zero-order valence-corrected chi connectivity index (χ0v) is 41.0. The Morgan fingerprint density at radius 2 is 0.855 bits per heavy atom. The number of aliphatic carboxylic acids is 1. The number of carbonyl (C=O) groups is 8. The van der Waals surface area contributed by atoms with Gasteiger partial charge in [-0.05, 0) is 107 Å². The second-order valence-electron chi connectivity index (χ2n) is 18.4. The Balaban J connectivity index is 2.10. The minimum Gasteiger partial charge on any atom is -0.480 e. The van der Waals surface area contributed by atoms with Crippen LogP contribution in [0.4, 0.5) is 0 Å². The Hall–Kier alpha value is -5.96. The molecule has 0 fully saturated rings. The zero-order valence-electron chi connectivity index (χ0n) is 41.0. The average molecular weight is 966 g/mol. The largest absolute Gasteiger partial charge is 0.480 e. The summed E-state index contributed by atoms with van der Waals surface area (Å²) in [6.45, 7) is 9.52. The van der Waals surface area contributed by atoms with Gasteiger partial charge in [-0.25, -0.2) is 4.79 Å². The number of rotatable bonds is 33. The Labute approximate surface area is 406 Å². The second kappa shape index (κ2) is 32.0. The van der Waals surface area contributed by atoms with E-state index in [9.17, 15) is 43.5 Å². The van der Waals surface area contributed by atoms with Gasteiger partial charge in [0.05, 0.1) is 12.1 Å². The maximum Gasteiger partial charge on any atom is 0.326 e. The van der Waals surface area contributed by atoms with Gasteiger partial charge in [-0.3, -0.25) is 33.6 Å². The molecule has 7 amide bonds. The minimum atomic E-state index is -1.33. The van der Waals surface area contributed by atoms with Crippen molar-refractivity contribution in [3.05, 3.63) is 71.8 Å². The van der Waals surface area contributed by atoms with Crippen LogP contribution in [0, 0.1) is 11.8 Å². The zero-order chi connectivity index (χ0) is 51.5. The van der Waals surface area contributed by atoms with Crippen molar-refractivity contribution in [1.82, 2.24) is 37.2 Å². The Morgan fingerprint density at radius 3 is 1.32 bits per heavy atom. The van der Waals surface area contributed by atoms with Crippen molar-refractivity contribution in [2.45, 2.75) is 154 Å². The van der Waals surface area contributed by atoms with Crippen LogP contribution in [0.2, 0.25) is 0 Å². The third kappa shape index (κ3) is 23.3. The van der Waals surface area contributed by atoms with E-state index in [2.05, 4.69) is 37.2 Å². The highest BCUT2D eigenvalue weighted by Gasteiger charge is 2.33. The lowest BCUT2D eigenvalue weighted by Gasteiger charge is -2.27. The first-order valence-electron chi connectivity index (χ1n) is 24.1. The minimum absolute atomic E-state index is 0.00671. The summed E-state index contributed by atoms with van der Waals surface area (Å²) in [5.74, 6) is -5.50. The third-order valence-electron chi connectivity index (χ3n) is 11.1. The van der Waals surface area contributed by atoms with Gasteiger partial charge in [0.1, 0.15) is 36.3 Å². The van der Waals surface area contributed by atoms with Crippen LogP contribution in [0.1, 0.15) is 104 Å². The summed E-state index contributed by atoms with van der Waals surface area (Å²) < 4.78 is 0. The summed E-state index contributed by atoms with van der Waals surface area (Å²) in [7, 11) is 0. The SMILES string of the molecule is CC(C)C[C@@H](NC(=O)[C@@H](C)N)C(=O)N[C@H](CCCN)C(=O)N[C@@H](CCCCNC(=O)[C@@H](CCCN)NC(=O)[C@@H](CC(C)C)NC(=O)[C@@H](Cc1ccccc1)NC(=O)[C@H](N)Cc1ccccc1)C(=O)O. The van der Waals surface area contributed by atoms with E-state index >= 15 is 0 Å². The molecular weight excluding hydrogens is 887 g/mol. The first kappa shape index (κ1) is 59.2. The molecule has 20 nitrogen and oxygen atoms in total. The number of hydrogen-bond acceptors (Lipinski definition) is 12. The molecule has 0 saturated heterocycles. The van der Waals surface area contributed by atoms with Crippen molar-refractivity contribution in [1.29, 1.82) is 0 Å². The molecule has 384 valence electrons. The Morgan fingerprint density at radius 1 is 0.464 bits per heavy atom. The van der Waals surface area contributed by atoms with Crippen LogP contribution in [0.25, 0.3) is 0 Å². The van der Waals surface area contributed by atoms with E-state index in [-0.39, 0.29) is 82.8 Å². The van der Waals surface area contributed by atoms with Crippen LogP contribution in [0.5, 0.6) is 0 Å². The van der Waals surface area contributed by atoms with E-state index in [0.29, 0.717) is 19.3 Å². The van der Waals surface area contributed by atoms with Crippen LogP contribution in [-0.4, -0.2) is 120 Å². The van der Waals surface area contributed by atoms with Crippen LogP contribution in [0.3, 0.4) is 0 Å². The molecule has 16 N–H and O–H groups in total. The van der Waals surface area contributed by atoms with Gasteiger partial charge in [0.15, 0.2) is 0 Å². The number of benzene rings is 2. The molecule has 8 atom stereocenters. The number of carboxylic acids is 1. The molecule has 0 bridgehead atoms. The van der Waals surface area contributed by atoms with E-state index < -0.39 is 95.7 Å². The first-order valence-corrected chi connectivity index (χ1v) is 24.1. The fraction of sp³-hybridized carbons (Fsp3) is 0.592. The number of hydrogen-bond donors (Lipinski definition) is 12. The lowest BCUT2D eigenvalue weighted by atomic mass is 10.00. The van der Waals surface area contributed by atoms with Gasteiger partial charge in [-0.1, -0.05) is 88.4 Å². The normalized spacial score (nSPS) is 14.7. The van der Waals surface area contributed by atoms with Gasteiger partial charge in [0.25, 0.3) is 0 Å². The molecule has 2 rings (SSSR count). The predicted octanol–water partition coefficient (Wildman–Crippen LogP) is -0.00380. The Bertz CT molecular complexity index is 1920. The fourth-order valence-corrected chi connectivity index (χ4v) is 7.34. The summed E-state index contributed by atoms with van der Waals surface area (Å²) in [5.41, 5.74) is 25.1. The molecule has 0 aliphatic heterocycles. The van der Waals surface area contributed by atoms with Crippen LogP contribution in [-0.2, 0) is 51.2 Å². The van der Waals surface area contributed by atoms with Gasteiger partial charge in [0.2, 0.25) is 41.4 Å². The summed E-state index contributed by atoms with van der Waals surface area (Å²) in [5, 5.41) is 28.9. The molecule has 20 heteroatoms. The van der Waals surface area contributed by atoms with Crippen molar-refractivity contribution in [2.75, 3.05) is 19.6 Å². The standard InChI is InChI=1S/C49H79N11O9/c1-30(2)26-39(58-42(61)32(5)52)46(65)56-37(22-15-24-51)45(64)57-38(49(68)69)20-12-13-25-54-44(63)36(21-14-23-50)55-47(66)40(27-31(3)4)60-48(67)41(29-34-18-10-7-11-19-34)59-43(62)35(53)28-33-16-8-6-9-17-33/h6-11,16-19,30-32,35-41H,12-15,20-29,50-53H2,1-5H3,(H,54,63)(H,55,66)(H,56,65)(H,57,64)(H,58,61)(H,59,62)(H,60,67)(H,68,69)/t32-,35-,36-,37-,38+,39-,40-,41-/m1/s1. The van der Waals surface area contributed by atoms with Gasteiger partial charge in [0, 0.05) is 13.0 Å². The highest BCUT2D eigenvalue weighted by molar-refractivity contribution is 5.96. The quantitative estimate of drug-likeness (QED) is 0.0420. The Kier molecular flexibility index (Phi) is 27.4. The monoisotopic (exact) mass is 966 g/mol. The first-order chi connectivity index (χ1) is 32.7. The number of carboxylic acid groups (broad SMARTS) is 1. The van der Waals surface area contributed by atoms with Crippen molar-refractivity contribution in [2.24, 2.45) is 34.8 Å². The molecular formula is C49H79N11O9. The summed E-state index contributed by atoms with van der Waals surface area (Å²) >= 11 is 0. The lowest BCUT2D eigenvalue weighted by Crippen LogP contribution is -2.58. The number of unbranched alkanes of at least 4 members (excludes halogenated alkanes) is 1. The van der Waals surface area contributed by atoms with E-state index in [1.54, 1.807) is 0 Å². The molecule has 69 heavy (non-hydrogen) atoms. The van der Waals surface area contributed by atoms with Crippen LogP contribution < -0.4 is 60.2 Å². The van der Waals surface area contributed by atoms with Gasteiger partial charge < -0.3 is 65.3 Å². The van der Waals surface area contributed by atoms with Gasteiger partial charge >= 0.3 is 5.97 Å². The molecule has 0 unspecified atom stereocenters. The number of nitrogens with two attached hydrogens (primary N) is 4. The number of carbonyl (C=O) groups excluding carboxylic acids is 7. The van der Waals surface area contributed by atoms with Gasteiger partial charge in [-0.2, -0.15) is 0 Å².